The van der Waals surface area contributed by atoms with Gasteiger partial charge in [0.15, 0.2) is 0 Å². The molecule has 0 aliphatic heterocycles. The summed E-state index contributed by atoms with van der Waals surface area (Å²) in [4.78, 5) is 13.4. The Balaban J connectivity index is 2.21. The molecule has 0 spiro atoms. The highest BCUT2D eigenvalue weighted by atomic mass is 16.2. The Bertz CT molecular complexity index is 429. The largest absolute Gasteiger partial charge is 0.315 e. The van der Waals surface area contributed by atoms with E-state index in [9.17, 15) is 4.79 Å². The molecule has 0 saturated heterocycles. The van der Waals surface area contributed by atoms with E-state index in [0.717, 1.165) is 18.5 Å². The zero-order valence-electron chi connectivity index (χ0n) is 8.60. The van der Waals surface area contributed by atoms with Crippen LogP contribution < -0.4 is 4.90 Å². The monoisotopic (exact) mass is 200 g/mol. The van der Waals surface area contributed by atoms with Crippen LogP contribution in [0.1, 0.15) is 18.4 Å². The zero-order chi connectivity index (χ0) is 10.8. The van der Waals surface area contributed by atoms with E-state index in [1.54, 1.807) is 30.1 Å². The van der Waals surface area contributed by atoms with Gasteiger partial charge in [0.25, 0.3) is 0 Å². The van der Waals surface area contributed by atoms with Gasteiger partial charge in [0, 0.05) is 18.7 Å². The van der Waals surface area contributed by atoms with Gasteiger partial charge in [-0.1, -0.05) is 6.07 Å². The minimum absolute atomic E-state index is 0.157. The van der Waals surface area contributed by atoms with Gasteiger partial charge in [0.1, 0.15) is 0 Å². The molecule has 3 nitrogen and oxygen atoms in total. The third-order valence-corrected chi connectivity index (χ3v) is 2.62. The Morgan fingerprint density at radius 2 is 2.27 bits per heavy atom. The first kappa shape index (κ1) is 9.72. The second kappa shape index (κ2) is 3.74. The lowest BCUT2D eigenvalue weighted by molar-refractivity contribution is -0.119. The fraction of sp³-hybridized carbons (Fsp3) is 0.333. The van der Waals surface area contributed by atoms with Crippen molar-refractivity contribution in [3.63, 3.8) is 0 Å². The summed E-state index contributed by atoms with van der Waals surface area (Å²) < 4.78 is 0. The van der Waals surface area contributed by atoms with Crippen molar-refractivity contribution in [1.82, 2.24) is 0 Å². The number of benzene rings is 1. The first-order chi connectivity index (χ1) is 7.22. The normalized spacial score (nSPS) is 14.4. The third kappa shape index (κ3) is 1.99. The van der Waals surface area contributed by atoms with Gasteiger partial charge >= 0.3 is 0 Å². The smallest absolute Gasteiger partial charge is 0.229 e. The minimum atomic E-state index is 0.157. The summed E-state index contributed by atoms with van der Waals surface area (Å²) in [6.07, 6.45) is 2.00. The van der Waals surface area contributed by atoms with Crippen molar-refractivity contribution in [2.75, 3.05) is 11.9 Å². The maximum Gasteiger partial charge on any atom is 0.229 e. The van der Waals surface area contributed by atoms with Crippen molar-refractivity contribution >= 4 is 11.6 Å². The predicted octanol–water partition coefficient (Wildman–Crippen LogP) is 1.93. The fourth-order valence-corrected chi connectivity index (χ4v) is 1.52. The van der Waals surface area contributed by atoms with Crippen molar-refractivity contribution in [2.45, 2.75) is 12.8 Å². The highest BCUT2D eigenvalue weighted by Gasteiger charge is 2.32. The van der Waals surface area contributed by atoms with Crippen molar-refractivity contribution in [3.05, 3.63) is 29.8 Å². The Morgan fingerprint density at radius 1 is 1.53 bits per heavy atom. The second-order valence-electron chi connectivity index (χ2n) is 3.83. The van der Waals surface area contributed by atoms with Gasteiger partial charge in [-0.15, -0.1) is 0 Å². The van der Waals surface area contributed by atoms with Crippen LogP contribution in [0.15, 0.2) is 24.3 Å². The summed E-state index contributed by atoms with van der Waals surface area (Å²) in [6.45, 7) is 0. The van der Waals surface area contributed by atoms with E-state index in [4.69, 9.17) is 5.26 Å². The molecule has 0 unspecified atom stereocenters. The highest BCUT2D eigenvalue weighted by Crippen LogP contribution is 2.32. The molecule has 0 radical (unpaired) electrons. The molecule has 76 valence electrons. The van der Waals surface area contributed by atoms with Crippen LogP contribution in [0.5, 0.6) is 0 Å². The Labute approximate surface area is 88.9 Å². The van der Waals surface area contributed by atoms with Crippen LogP contribution in [-0.4, -0.2) is 13.0 Å². The Kier molecular flexibility index (Phi) is 2.42. The molecule has 1 amide bonds. The molecular weight excluding hydrogens is 188 g/mol. The first-order valence-electron chi connectivity index (χ1n) is 5.00. The van der Waals surface area contributed by atoms with Gasteiger partial charge < -0.3 is 4.90 Å². The summed E-state index contributed by atoms with van der Waals surface area (Å²) >= 11 is 0. The number of rotatable bonds is 2. The van der Waals surface area contributed by atoms with Gasteiger partial charge in [0.05, 0.1) is 11.6 Å². The van der Waals surface area contributed by atoms with Crippen LogP contribution in [-0.2, 0) is 4.79 Å². The number of nitrogens with zero attached hydrogens (tertiary/aromatic N) is 2. The highest BCUT2D eigenvalue weighted by molar-refractivity contribution is 5.96. The molecule has 0 atom stereocenters. The average Bonchev–Trinajstić information content (AvgIpc) is 3.11. The lowest BCUT2D eigenvalue weighted by Crippen LogP contribution is -2.27. The van der Waals surface area contributed by atoms with Gasteiger partial charge in [-0.25, -0.2) is 0 Å². The summed E-state index contributed by atoms with van der Waals surface area (Å²) in [6, 6.07) is 9.18. The van der Waals surface area contributed by atoms with Crippen LogP contribution in [0.4, 0.5) is 5.69 Å². The molecule has 1 aromatic rings. The summed E-state index contributed by atoms with van der Waals surface area (Å²) in [7, 11) is 1.76. The molecule has 1 aromatic carbocycles. The number of anilines is 1. The van der Waals surface area contributed by atoms with Crippen LogP contribution in [0.2, 0.25) is 0 Å². The van der Waals surface area contributed by atoms with Crippen molar-refractivity contribution in [1.29, 1.82) is 5.26 Å². The van der Waals surface area contributed by atoms with Crippen molar-refractivity contribution in [2.24, 2.45) is 5.92 Å². The SMILES string of the molecule is CN(C(=O)C1CC1)c1cccc(C#N)c1. The number of hydrogen-bond donors (Lipinski definition) is 0. The number of carbonyl (C=O) groups is 1. The molecule has 3 heteroatoms. The fourth-order valence-electron chi connectivity index (χ4n) is 1.52. The standard InChI is InChI=1S/C12H12N2O/c1-14(12(15)10-5-6-10)11-4-2-3-9(7-11)8-13/h2-4,7,10H,5-6H2,1H3. The van der Waals surface area contributed by atoms with Gasteiger partial charge in [-0.2, -0.15) is 5.26 Å². The Hall–Kier alpha value is -1.82. The van der Waals surface area contributed by atoms with Gasteiger partial charge in [-0.3, -0.25) is 4.79 Å². The first-order valence-corrected chi connectivity index (χ1v) is 5.00. The van der Waals surface area contributed by atoms with Gasteiger partial charge in [-0.05, 0) is 31.0 Å². The summed E-state index contributed by atoms with van der Waals surface area (Å²) in [5.74, 6) is 0.367. The molecule has 2 rings (SSSR count). The minimum Gasteiger partial charge on any atom is -0.315 e. The van der Waals surface area contributed by atoms with E-state index in [2.05, 4.69) is 6.07 Å². The van der Waals surface area contributed by atoms with Crippen molar-refractivity contribution < 1.29 is 4.79 Å². The number of amides is 1. The van der Waals surface area contributed by atoms with E-state index < -0.39 is 0 Å². The van der Waals surface area contributed by atoms with Crippen LogP contribution in [0, 0.1) is 17.2 Å². The number of carbonyl (C=O) groups excluding carboxylic acids is 1. The Morgan fingerprint density at radius 3 is 2.87 bits per heavy atom. The molecule has 1 aliphatic rings. The maximum absolute atomic E-state index is 11.7. The topological polar surface area (TPSA) is 44.1 Å². The lowest BCUT2D eigenvalue weighted by atomic mass is 10.2. The molecule has 0 bridgehead atoms. The molecule has 0 N–H and O–H groups in total. The van der Waals surface area contributed by atoms with Crippen LogP contribution >= 0.6 is 0 Å². The lowest BCUT2D eigenvalue weighted by Gasteiger charge is -2.16. The molecule has 1 fully saturated rings. The van der Waals surface area contributed by atoms with Gasteiger partial charge in [0.2, 0.25) is 5.91 Å². The maximum atomic E-state index is 11.7. The van der Waals surface area contributed by atoms with E-state index in [1.165, 1.54) is 0 Å². The summed E-state index contributed by atoms with van der Waals surface area (Å²) in [5, 5.41) is 8.75. The molecule has 1 aliphatic carbocycles. The molecule has 0 heterocycles. The molecular formula is C12H12N2O. The van der Waals surface area contributed by atoms with E-state index in [1.807, 2.05) is 6.07 Å². The van der Waals surface area contributed by atoms with E-state index >= 15 is 0 Å². The van der Waals surface area contributed by atoms with Crippen molar-refractivity contribution in [3.8, 4) is 6.07 Å². The van der Waals surface area contributed by atoms with E-state index in [0.29, 0.717) is 5.56 Å². The molecule has 0 aromatic heterocycles. The molecule has 15 heavy (non-hydrogen) atoms. The third-order valence-electron chi connectivity index (χ3n) is 2.62. The van der Waals surface area contributed by atoms with Crippen LogP contribution in [0.3, 0.4) is 0 Å². The summed E-state index contributed by atoms with van der Waals surface area (Å²) in [5.41, 5.74) is 1.38. The van der Waals surface area contributed by atoms with E-state index in [-0.39, 0.29) is 11.8 Å². The molecule has 1 saturated carbocycles. The predicted molar refractivity (Wildman–Crippen MR) is 57.3 cm³/mol. The second-order valence-corrected chi connectivity index (χ2v) is 3.83. The number of nitriles is 1. The van der Waals surface area contributed by atoms with Crippen LogP contribution in [0.25, 0.3) is 0 Å². The quantitative estimate of drug-likeness (QED) is 0.732. The number of hydrogen-bond acceptors (Lipinski definition) is 2. The average molecular weight is 200 g/mol. The zero-order valence-corrected chi connectivity index (χ0v) is 8.60.